The number of hydrogen-bond donors (Lipinski definition) is 1. The molecule has 0 unspecified atom stereocenters. The molecule has 0 fully saturated rings. The monoisotopic (exact) mass is 342 g/mol. The second-order valence-corrected chi connectivity index (χ2v) is 7.56. The van der Waals surface area contributed by atoms with E-state index in [9.17, 15) is 8.42 Å². The highest BCUT2D eigenvalue weighted by Crippen LogP contribution is 2.35. The molecule has 110 valence electrons. The van der Waals surface area contributed by atoms with Crippen LogP contribution >= 0.6 is 23.2 Å². The lowest BCUT2D eigenvalue weighted by atomic mass is 10.1. The first kappa shape index (κ1) is 14.5. The van der Waals surface area contributed by atoms with Crippen LogP contribution in [0.1, 0.15) is 5.56 Å². The summed E-state index contributed by atoms with van der Waals surface area (Å²) in [5.41, 5.74) is 7.93. The molecule has 2 N–H and O–H groups in total. The van der Waals surface area contributed by atoms with Crippen LogP contribution in [0, 0.1) is 0 Å². The Kier molecular flexibility index (Phi) is 3.51. The maximum absolute atomic E-state index is 12.8. The number of sulfonamides is 1. The van der Waals surface area contributed by atoms with Crippen molar-refractivity contribution in [3.8, 4) is 0 Å². The first-order chi connectivity index (χ1) is 9.88. The van der Waals surface area contributed by atoms with Crippen molar-refractivity contribution in [3.05, 3.63) is 52.0 Å². The van der Waals surface area contributed by atoms with Crippen molar-refractivity contribution in [2.45, 2.75) is 11.3 Å². The molecule has 3 rings (SSSR count). The molecule has 1 aliphatic rings. The summed E-state index contributed by atoms with van der Waals surface area (Å²) >= 11 is 11.8. The molecule has 4 nitrogen and oxygen atoms in total. The molecule has 0 radical (unpaired) electrons. The molecular formula is C14H12Cl2N2O2S. The van der Waals surface area contributed by atoms with Crippen LogP contribution in [-0.4, -0.2) is 15.0 Å². The molecule has 0 saturated carbocycles. The zero-order chi connectivity index (χ0) is 15.2. The highest BCUT2D eigenvalue weighted by Gasteiger charge is 2.31. The van der Waals surface area contributed by atoms with E-state index >= 15 is 0 Å². The zero-order valence-corrected chi connectivity index (χ0v) is 13.2. The topological polar surface area (TPSA) is 63.4 Å². The molecule has 0 aliphatic carbocycles. The van der Waals surface area contributed by atoms with Gasteiger partial charge in [0.15, 0.2) is 0 Å². The van der Waals surface area contributed by atoms with E-state index in [0.29, 0.717) is 24.3 Å². The van der Waals surface area contributed by atoms with Gasteiger partial charge in [-0.2, -0.15) is 0 Å². The van der Waals surface area contributed by atoms with Crippen molar-refractivity contribution < 1.29 is 8.42 Å². The molecule has 2 aromatic rings. The average Bonchev–Trinajstić information content (AvgIpc) is 2.81. The number of anilines is 2. The average molecular weight is 343 g/mol. The predicted octanol–water partition coefficient (Wildman–Crippen LogP) is 3.33. The summed E-state index contributed by atoms with van der Waals surface area (Å²) in [5.74, 6) is 0. The van der Waals surface area contributed by atoms with Crippen molar-refractivity contribution >= 4 is 44.6 Å². The van der Waals surface area contributed by atoms with E-state index < -0.39 is 10.0 Å². The number of hydrogen-bond acceptors (Lipinski definition) is 3. The van der Waals surface area contributed by atoms with Crippen molar-refractivity contribution in [1.82, 2.24) is 0 Å². The van der Waals surface area contributed by atoms with Crippen LogP contribution in [0.5, 0.6) is 0 Å². The number of halogens is 2. The van der Waals surface area contributed by atoms with Gasteiger partial charge in [0.25, 0.3) is 10.0 Å². The van der Waals surface area contributed by atoms with E-state index in [2.05, 4.69) is 0 Å². The van der Waals surface area contributed by atoms with E-state index in [1.54, 1.807) is 18.2 Å². The Balaban J connectivity index is 2.09. The lowest BCUT2D eigenvalue weighted by molar-refractivity contribution is 0.592. The van der Waals surface area contributed by atoms with Crippen molar-refractivity contribution in [1.29, 1.82) is 0 Å². The van der Waals surface area contributed by atoms with Crippen LogP contribution in [0.2, 0.25) is 10.0 Å². The molecule has 0 spiro atoms. The van der Waals surface area contributed by atoms with Gasteiger partial charge in [-0.3, -0.25) is 4.31 Å². The van der Waals surface area contributed by atoms with Gasteiger partial charge in [-0.1, -0.05) is 23.2 Å². The molecule has 0 bridgehead atoms. The van der Waals surface area contributed by atoms with Gasteiger partial charge in [-0.15, -0.1) is 0 Å². The molecule has 0 aromatic heterocycles. The van der Waals surface area contributed by atoms with Gasteiger partial charge in [0.05, 0.1) is 10.6 Å². The third-order valence-electron chi connectivity index (χ3n) is 3.38. The van der Waals surface area contributed by atoms with Crippen molar-refractivity contribution in [3.63, 3.8) is 0 Å². The Hall–Kier alpha value is -1.43. The Morgan fingerprint density at radius 3 is 2.38 bits per heavy atom. The smallest absolute Gasteiger partial charge is 0.264 e. The highest BCUT2D eigenvalue weighted by molar-refractivity contribution is 7.92. The molecule has 1 aliphatic heterocycles. The number of nitrogens with zero attached hydrogens (tertiary/aromatic N) is 1. The lowest BCUT2D eigenvalue weighted by Gasteiger charge is -2.20. The maximum Gasteiger partial charge on any atom is 0.264 e. The fourth-order valence-corrected chi connectivity index (χ4v) is 4.68. The number of nitrogen functional groups attached to an aromatic ring is 1. The van der Waals surface area contributed by atoms with Crippen LogP contribution in [0.15, 0.2) is 41.3 Å². The summed E-state index contributed by atoms with van der Waals surface area (Å²) in [7, 11) is -3.69. The number of nitrogens with two attached hydrogens (primary N) is 1. The fraction of sp³-hybridized carbons (Fsp3) is 0.143. The fourth-order valence-electron chi connectivity index (χ4n) is 2.45. The number of fused-ring (bicyclic) bond motifs is 1. The third-order valence-corrected chi connectivity index (χ3v) is 5.61. The van der Waals surface area contributed by atoms with E-state index in [0.717, 1.165) is 5.56 Å². The minimum Gasteiger partial charge on any atom is -0.399 e. The Bertz CT molecular complexity index is 801. The Morgan fingerprint density at radius 2 is 1.71 bits per heavy atom. The molecule has 7 heteroatoms. The lowest BCUT2D eigenvalue weighted by Crippen LogP contribution is -2.29. The standard InChI is InChI=1S/C14H12Cl2N2O2S/c15-10-6-11(16)8-13(7-10)21(19,20)18-4-3-9-5-12(17)1-2-14(9)18/h1-2,5-8H,3-4,17H2. The van der Waals surface area contributed by atoms with Crippen LogP contribution in [0.25, 0.3) is 0 Å². The molecule has 0 saturated heterocycles. The van der Waals surface area contributed by atoms with Gasteiger partial charge >= 0.3 is 0 Å². The van der Waals surface area contributed by atoms with Crippen LogP contribution in [-0.2, 0) is 16.4 Å². The second-order valence-electron chi connectivity index (χ2n) is 4.82. The van der Waals surface area contributed by atoms with Crippen molar-refractivity contribution in [2.24, 2.45) is 0 Å². The SMILES string of the molecule is Nc1ccc2c(c1)CCN2S(=O)(=O)c1cc(Cl)cc(Cl)c1. The summed E-state index contributed by atoms with van der Waals surface area (Å²) in [6.07, 6.45) is 0.633. The Morgan fingerprint density at radius 1 is 1.05 bits per heavy atom. The quantitative estimate of drug-likeness (QED) is 0.851. The van der Waals surface area contributed by atoms with E-state index in [1.165, 1.54) is 22.5 Å². The zero-order valence-electron chi connectivity index (χ0n) is 10.9. The normalized spacial score (nSPS) is 14.3. The van der Waals surface area contributed by atoms with Gasteiger partial charge in [0.1, 0.15) is 0 Å². The predicted molar refractivity (Wildman–Crippen MR) is 85.6 cm³/mol. The number of benzene rings is 2. The highest BCUT2D eigenvalue weighted by atomic mass is 35.5. The van der Waals surface area contributed by atoms with E-state index in [4.69, 9.17) is 28.9 Å². The molecule has 2 aromatic carbocycles. The molecule has 1 heterocycles. The van der Waals surface area contributed by atoms with Gasteiger partial charge < -0.3 is 5.73 Å². The van der Waals surface area contributed by atoms with E-state index in [1.807, 2.05) is 0 Å². The largest absolute Gasteiger partial charge is 0.399 e. The molecule has 21 heavy (non-hydrogen) atoms. The second kappa shape index (κ2) is 5.09. The molecular weight excluding hydrogens is 331 g/mol. The van der Waals surface area contributed by atoms with Crippen LogP contribution in [0.4, 0.5) is 11.4 Å². The maximum atomic E-state index is 12.8. The first-order valence-corrected chi connectivity index (χ1v) is 8.45. The van der Waals surface area contributed by atoms with Gasteiger partial charge in [0.2, 0.25) is 0 Å². The third kappa shape index (κ3) is 2.57. The van der Waals surface area contributed by atoms with Gasteiger partial charge in [-0.25, -0.2) is 8.42 Å². The molecule has 0 atom stereocenters. The summed E-state index contributed by atoms with van der Waals surface area (Å²) in [6, 6.07) is 9.52. The first-order valence-electron chi connectivity index (χ1n) is 6.25. The molecule has 0 amide bonds. The van der Waals surface area contributed by atoms with Crippen molar-refractivity contribution in [2.75, 3.05) is 16.6 Å². The number of rotatable bonds is 2. The minimum atomic E-state index is -3.69. The summed E-state index contributed by atoms with van der Waals surface area (Å²) in [5, 5.41) is 0.579. The summed E-state index contributed by atoms with van der Waals surface area (Å²) in [6.45, 7) is 0.380. The van der Waals surface area contributed by atoms with Gasteiger partial charge in [-0.05, 0) is 48.4 Å². The van der Waals surface area contributed by atoms with Gasteiger partial charge in [0, 0.05) is 22.3 Å². The van der Waals surface area contributed by atoms with Crippen LogP contribution in [0.3, 0.4) is 0 Å². The minimum absolute atomic E-state index is 0.0877. The van der Waals surface area contributed by atoms with E-state index in [-0.39, 0.29) is 14.9 Å². The summed E-state index contributed by atoms with van der Waals surface area (Å²) in [4.78, 5) is 0.0877. The Labute approximate surface area is 133 Å². The summed E-state index contributed by atoms with van der Waals surface area (Å²) < 4.78 is 26.9. The van der Waals surface area contributed by atoms with Crippen LogP contribution < -0.4 is 10.0 Å².